The van der Waals surface area contributed by atoms with Gasteiger partial charge >= 0.3 is 0 Å². The van der Waals surface area contributed by atoms with Gasteiger partial charge in [-0.25, -0.2) is 0 Å². The molecule has 0 spiro atoms. The highest BCUT2D eigenvalue weighted by molar-refractivity contribution is 7.99. The SMILES string of the molecule is Cn1c(=O)c2ccccc2n2c(SCC(=O)Nc3ccccc3C(=O)NC3CCCC3)nnc12. The molecule has 0 aliphatic heterocycles. The predicted octanol–water partition coefficient (Wildman–Crippen LogP) is 2.98. The van der Waals surface area contributed by atoms with Crippen molar-refractivity contribution < 1.29 is 9.59 Å². The Hall–Kier alpha value is -3.66. The van der Waals surface area contributed by atoms with Gasteiger partial charge < -0.3 is 10.6 Å². The number of carbonyl (C=O) groups excluding carboxylic acids is 2. The Balaban J connectivity index is 1.33. The van der Waals surface area contributed by atoms with Crippen molar-refractivity contribution >= 4 is 45.9 Å². The molecule has 0 unspecified atom stereocenters. The summed E-state index contributed by atoms with van der Waals surface area (Å²) in [4.78, 5) is 38.1. The van der Waals surface area contributed by atoms with Gasteiger partial charge in [0.1, 0.15) is 0 Å². The van der Waals surface area contributed by atoms with Crippen LogP contribution in [0.3, 0.4) is 0 Å². The predicted molar refractivity (Wildman–Crippen MR) is 131 cm³/mol. The van der Waals surface area contributed by atoms with Gasteiger partial charge in [-0.1, -0.05) is 48.9 Å². The standard InChI is InChI=1S/C24H24N6O3S/c1-29-22(33)17-11-5-7-13-19(17)30-23(29)27-28-24(30)34-14-20(31)26-18-12-6-4-10-16(18)21(32)25-15-8-2-3-9-15/h4-7,10-13,15H,2-3,8-9,14H2,1H3,(H,25,32)(H,26,31). The third-order valence-electron chi connectivity index (χ3n) is 6.06. The highest BCUT2D eigenvalue weighted by atomic mass is 32.2. The zero-order chi connectivity index (χ0) is 23.7. The van der Waals surface area contributed by atoms with Crippen LogP contribution in [-0.2, 0) is 11.8 Å². The molecule has 1 saturated carbocycles. The minimum absolute atomic E-state index is 0.0660. The molecule has 1 aliphatic rings. The molecule has 0 bridgehead atoms. The summed E-state index contributed by atoms with van der Waals surface area (Å²) in [5.41, 5.74) is 1.45. The van der Waals surface area contributed by atoms with Crippen molar-refractivity contribution in [2.45, 2.75) is 36.9 Å². The first-order valence-electron chi connectivity index (χ1n) is 11.2. The van der Waals surface area contributed by atoms with Crippen molar-refractivity contribution in [3.63, 3.8) is 0 Å². The molecule has 0 radical (unpaired) electrons. The molecule has 0 atom stereocenters. The summed E-state index contributed by atoms with van der Waals surface area (Å²) in [6, 6.07) is 14.4. The molecule has 1 fully saturated rings. The largest absolute Gasteiger partial charge is 0.349 e. The van der Waals surface area contributed by atoms with Crippen LogP contribution in [0.1, 0.15) is 36.0 Å². The minimum atomic E-state index is -0.267. The molecule has 0 saturated heterocycles. The van der Waals surface area contributed by atoms with Crippen LogP contribution in [0, 0.1) is 0 Å². The van der Waals surface area contributed by atoms with Crippen LogP contribution < -0.4 is 16.2 Å². The van der Waals surface area contributed by atoms with E-state index < -0.39 is 0 Å². The second-order valence-corrected chi connectivity index (χ2v) is 9.28. The van der Waals surface area contributed by atoms with Gasteiger partial charge in [0.25, 0.3) is 11.5 Å². The molecule has 10 heteroatoms. The number of benzene rings is 2. The number of rotatable bonds is 6. The van der Waals surface area contributed by atoms with Crippen LogP contribution >= 0.6 is 11.8 Å². The molecule has 9 nitrogen and oxygen atoms in total. The lowest BCUT2D eigenvalue weighted by Gasteiger charge is -2.15. The van der Waals surface area contributed by atoms with E-state index in [1.807, 2.05) is 12.1 Å². The normalized spacial score (nSPS) is 14.0. The second-order valence-electron chi connectivity index (χ2n) is 8.34. The van der Waals surface area contributed by atoms with Crippen molar-refractivity contribution in [2.24, 2.45) is 7.05 Å². The van der Waals surface area contributed by atoms with E-state index in [1.54, 1.807) is 47.8 Å². The monoisotopic (exact) mass is 476 g/mol. The summed E-state index contributed by atoms with van der Waals surface area (Å²) in [5, 5.41) is 15.3. The number of para-hydroxylation sites is 2. The van der Waals surface area contributed by atoms with E-state index in [0.29, 0.717) is 33.1 Å². The van der Waals surface area contributed by atoms with E-state index in [9.17, 15) is 14.4 Å². The van der Waals surface area contributed by atoms with E-state index in [0.717, 1.165) is 25.7 Å². The number of anilines is 1. The first-order chi connectivity index (χ1) is 16.5. The van der Waals surface area contributed by atoms with E-state index in [2.05, 4.69) is 20.8 Å². The lowest BCUT2D eigenvalue weighted by atomic mass is 10.1. The molecule has 4 aromatic rings. The van der Waals surface area contributed by atoms with Crippen molar-refractivity contribution in [1.29, 1.82) is 0 Å². The summed E-state index contributed by atoms with van der Waals surface area (Å²) < 4.78 is 3.22. The zero-order valence-electron chi connectivity index (χ0n) is 18.7. The molecule has 174 valence electrons. The lowest BCUT2D eigenvalue weighted by Crippen LogP contribution is -2.33. The van der Waals surface area contributed by atoms with Crippen LogP contribution in [0.4, 0.5) is 5.69 Å². The fraction of sp³-hybridized carbons (Fsp3) is 0.292. The Bertz CT molecular complexity index is 1450. The van der Waals surface area contributed by atoms with Crippen LogP contribution in [-0.4, -0.2) is 42.8 Å². The van der Waals surface area contributed by atoms with Crippen molar-refractivity contribution in [2.75, 3.05) is 11.1 Å². The maximum atomic E-state index is 12.8. The highest BCUT2D eigenvalue weighted by Gasteiger charge is 2.21. The molecular weight excluding hydrogens is 452 g/mol. The van der Waals surface area contributed by atoms with Gasteiger partial charge in [-0.15, -0.1) is 10.2 Å². The number of thioether (sulfide) groups is 1. The van der Waals surface area contributed by atoms with Crippen LogP contribution in [0.15, 0.2) is 58.5 Å². The zero-order valence-corrected chi connectivity index (χ0v) is 19.5. The Kier molecular flexibility index (Phi) is 6.06. The highest BCUT2D eigenvalue weighted by Crippen LogP contribution is 2.23. The summed E-state index contributed by atoms with van der Waals surface area (Å²) in [6.45, 7) is 0. The van der Waals surface area contributed by atoms with E-state index >= 15 is 0 Å². The fourth-order valence-electron chi connectivity index (χ4n) is 4.34. The van der Waals surface area contributed by atoms with E-state index in [-0.39, 0.29) is 29.2 Å². The van der Waals surface area contributed by atoms with Gasteiger partial charge in [-0.05, 0) is 37.1 Å². The number of carbonyl (C=O) groups is 2. The van der Waals surface area contributed by atoms with Gasteiger partial charge in [-0.3, -0.25) is 23.4 Å². The van der Waals surface area contributed by atoms with Crippen molar-refractivity contribution in [1.82, 2.24) is 24.5 Å². The summed E-state index contributed by atoms with van der Waals surface area (Å²) in [5.74, 6) is 0.0279. The number of nitrogens with zero attached hydrogens (tertiary/aromatic N) is 4. The summed E-state index contributed by atoms with van der Waals surface area (Å²) >= 11 is 1.22. The van der Waals surface area contributed by atoms with Crippen LogP contribution in [0.25, 0.3) is 16.7 Å². The number of aromatic nitrogens is 4. The molecule has 2 aromatic carbocycles. The molecule has 2 heterocycles. The van der Waals surface area contributed by atoms with Gasteiger partial charge in [0.05, 0.1) is 27.9 Å². The van der Waals surface area contributed by atoms with Crippen molar-refractivity contribution in [3.05, 3.63) is 64.4 Å². The number of hydrogen-bond donors (Lipinski definition) is 2. The molecule has 2 N–H and O–H groups in total. The third-order valence-corrected chi connectivity index (χ3v) is 6.99. The van der Waals surface area contributed by atoms with E-state index in [4.69, 9.17) is 0 Å². The average Bonchev–Trinajstić information content (AvgIpc) is 3.51. The van der Waals surface area contributed by atoms with Crippen LogP contribution in [0.5, 0.6) is 0 Å². The van der Waals surface area contributed by atoms with Gasteiger partial charge in [0.15, 0.2) is 5.16 Å². The average molecular weight is 477 g/mol. The fourth-order valence-corrected chi connectivity index (χ4v) is 5.08. The van der Waals surface area contributed by atoms with Gasteiger partial charge in [0.2, 0.25) is 11.7 Å². The number of fused-ring (bicyclic) bond motifs is 3. The maximum Gasteiger partial charge on any atom is 0.262 e. The number of hydrogen-bond acceptors (Lipinski definition) is 6. The smallest absolute Gasteiger partial charge is 0.262 e. The number of nitrogens with one attached hydrogen (secondary N) is 2. The topological polar surface area (TPSA) is 110 Å². The maximum absolute atomic E-state index is 12.8. The number of aryl methyl sites for hydroxylation is 1. The number of amides is 2. The Labute approximate surface area is 199 Å². The van der Waals surface area contributed by atoms with Crippen LogP contribution in [0.2, 0.25) is 0 Å². The summed E-state index contributed by atoms with van der Waals surface area (Å²) in [7, 11) is 1.65. The molecular formula is C24H24N6O3S. The molecule has 2 amide bonds. The Morgan fingerprint density at radius 1 is 1.06 bits per heavy atom. The molecule has 1 aliphatic carbocycles. The Morgan fingerprint density at radius 2 is 1.79 bits per heavy atom. The summed E-state index contributed by atoms with van der Waals surface area (Å²) in [6.07, 6.45) is 4.23. The first-order valence-corrected chi connectivity index (χ1v) is 12.2. The molecule has 34 heavy (non-hydrogen) atoms. The third kappa shape index (κ3) is 4.16. The van der Waals surface area contributed by atoms with Gasteiger partial charge in [0, 0.05) is 13.1 Å². The second kappa shape index (κ2) is 9.30. The van der Waals surface area contributed by atoms with Crippen molar-refractivity contribution in [3.8, 4) is 0 Å². The van der Waals surface area contributed by atoms with E-state index in [1.165, 1.54) is 16.3 Å². The molecule has 5 rings (SSSR count). The molecule has 2 aromatic heterocycles. The quantitative estimate of drug-likeness (QED) is 0.414. The first kappa shape index (κ1) is 22.1. The lowest BCUT2D eigenvalue weighted by molar-refractivity contribution is -0.113. The van der Waals surface area contributed by atoms with Gasteiger partial charge in [-0.2, -0.15) is 0 Å². The minimum Gasteiger partial charge on any atom is -0.349 e. The Morgan fingerprint density at radius 3 is 2.62 bits per heavy atom.